The number of fused-ring (bicyclic) bond motifs is 5. The van der Waals surface area contributed by atoms with Gasteiger partial charge in [-0.15, -0.1) is 0 Å². The lowest BCUT2D eigenvalue weighted by Gasteiger charge is -2.48. The van der Waals surface area contributed by atoms with E-state index in [2.05, 4.69) is 241 Å². The van der Waals surface area contributed by atoms with Crippen LogP contribution in [0.1, 0.15) is 83.6 Å². The summed E-state index contributed by atoms with van der Waals surface area (Å²) in [6, 6.07) is 66.6. The molecule has 2 heterocycles. The molecule has 11 rings (SSSR count). The fraction of sp³-hybridized carbons (Fsp3) is 0.213. The molecule has 2 nitrogen and oxygen atoms in total. The maximum Gasteiger partial charge on any atom is 0.252 e. The third-order valence-corrected chi connectivity index (χ3v) is 14.7. The lowest BCUT2D eigenvalue weighted by Crippen LogP contribution is -2.62. The van der Waals surface area contributed by atoms with Crippen molar-refractivity contribution >= 4 is 57.2 Å². The molecule has 8 aromatic rings. The molecule has 0 spiro atoms. The molecule has 0 saturated heterocycles. The molecule has 0 fully saturated rings. The van der Waals surface area contributed by atoms with Gasteiger partial charge in [0, 0.05) is 34.0 Å². The molecule has 0 radical (unpaired) electrons. The van der Waals surface area contributed by atoms with Crippen LogP contribution in [0.4, 0.5) is 34.1 Å². The van der Waals surface area contributed by atoms with Crippen molar-refractivity contribution in [3.05, 3.63) is 198 Å². The van der Waals surface area contributed by atoms with Crippen LogP contribution < -0.4 is 26.2 Å². The van der Waals surface area contributed by atoms with Crippen molar-refractivity contribution in [1.29, 1.82) is 0 Å². The van der Waals surface area contributed by atoms with Gasteiger partial charge in [-0.25, -0.2) is 0 Å². The second-order valence-corrected chi connectivity index (χ2v) is 20.9. The molecule has 314 valence electrons. The first kappa shape index (κ1) is 40.2. The van der Waals surface area contributed by atoms with Crippen LogP contribution in [0.3, 0.4) is 0 Å². The van der Waals surface area contributed by atoms with Crippen molar-refractivity contribution in [2.75, 3.05) is 9.80 Å². The highest BCUT2D eigenvalue weighted by molar-refractivity contribution is 7.00. The third kappa shape index (κ3) is 6.54. The van der Waals surface area contributed by atoms with E-state index in [1.54, 1.807) is 0 Å². The molecule has 0 bridgehead atoms. The van der Waals surface area contributed by atoms with Crippen LogP contribution in [-0.2, 0) is 16.2 Å². The van der Waals surface area contributed by atoms with E-state index in [1.165, 1.54) is 100 Å². The Morgan fingerprint density at radius 1 is 0.438 bits per heavy atom. The van der Waals surface area contributed by atoms with Crippen LogP contribution in [0.5, 0.6) is 0 Å². The van der Waals surface area contributed by atoms with E-state index in [0.29, 0.717) is 0 Å². The fourth-order valence-corrected chi connectivity index (χ4v) is 11.0. The number of hydrogen-bond acceptors (Lipinski definition) is 2. The Balaban J connectivity index is 1.24. The summed E-state index contributed by atoms with van der Waals surface area (Å²) in [5.74, 6) is 0. The van der Waals surface area contributed by atoms with E-state index < -0.39 is 0 Å². The van der Waals surface area contributed by atoms with Gasteiger partial charge >= 0.3 is 0 Å². The molecule has 0 amide bonds. The summed E-state index contributed by atoms with van der Waals surface area (Å²) in [5, 5.41) is 0. The van der Waals surface area contributed by atoms with E-state index in [-0.39, 0.29) is 23.0 Å². The van der Waals surface area contributed by atoms with Crippen molar-refractivity contribution in [2.45, 2.75) is 84.5 Å². The van der Waals surface area contributed by atoms with Gasteiger partial charge in [0.25, 0.3) is 6.71 Å². The monoisotopic (exact) mass is 828 g/mol. The Hall–Kier alpha value is -6.58. The quantitative estimate of drug-likeness (QED) is 0.160. The van der Waals surface area contributed by atoms with Gasteiger partial charge in [0.05, 0.1) is 5.69 Å². The molecular formula is C61H57BN2. The topological polar surface area (TPSA) is 6.48 Å². The van der Waals surface area contributed by atoms with Crippen molar-refractivity contribution in [1.82, 2.24) is 0 Å². The molecule has 0 saturated carbocycles. The summed E-state index contributed by atoms with van der Waals surface area (Å²) < 4.78 is 0. The highest BCUT2D eigenvalue weighted by Crippen LogP contribution is 2.52. The largest absolute Gasteiger partial charge is 0.311 e. The number of rotatable bonds is 5. The van der Waals surface area contributed by atoms with Gasteiger partial charge < -0.3 is 9.80 Å². The van der Waals surface area contributed by atoms with E-state index >= 15 is 0 Å². The number of aryl methyl sites for hydroxylation is 1. The highest BCUT2D eigenvalue weighted by atomic mass is 15.2. The molecule has 64 heavy (non-hydrogen) atoms. The second-order valence-electron chi connectivity index (χ2n) is 20.9. The van der Waals surface area contributed by atoms with E-state index in [4.69, 9.17) is 0 Å². The zero-order valence-corrected chi connectivity index (χ0v) is 38.6. The molecule has 0 unspecified atom stereocenters. The van der Waals surface area contributed by atoms with Gasteiger partial charge in [-0.3, -0.25) is 0 Å². The summed E-state index contributed by atoms with van der Waals surface area (Å²) >= 11 is 0. The van der Waals surface area contributed by atoms with Crippen LogP contribution in [-0.4, -0.2) is 6.71 Å². The fourth-order valence-electron chi connectivity index (χ4n) is 11.0. The van der Waals surface area contributed by atoms with E-state index in [1.807, 2.05) is 0 Å². The minimum Gasteiger partial charge on any atom is -0.311 e. The van der Waals surface area contributed by atoms with Crippen molar-refractivity contribution in [3.63, 3.8) is 0 Å². The van der Waals surface area contributed by atoms with Crippen LogP contribution in [0.2, 0.25) is 0 Å². The summed E-state index contributed by atoms with van der Waals surface area (Å²) in [7, 11) is 0. The number of anilines is 6. The molecule has 1 aliphatic carbocycles. The summed E-state index contributed by atoms with van der Waals surface area (Å²) in [5.41, 5.74) is 24.5. The first-order chi connectivity index (χ1) is 30.8. The Bertz CT molecular complexity index is 3090. The zero-order valence-electron chi connectivity index (χ0n) is 38.6. The van der Waals surface area contributed by atoms with Gasteiger partial charge in [0.1, 0.15) is 0 Å². The van der Waals surface area contributed by atoms with Gasteiger partial charge in [-0.2, -0.15) is 0 Å². The highest BCUT2D eigenvalue weighted by Gasteiger charge is 2.47. The first-order valence-electron chi connectivity index (χ1n) is 23.3. The SMILES string of the molecule is Cc1cc2c3c(c1)N(c1ccc(C(C)(C)C)cc1-c1ccccc1)c1cc4c(cc1B3c1cc(-c3ccccc3)ccc1N2c1ccc(-c2ccccc2)cc1)C(C)(C)CCC4(C)C. The number of nitrogens with zero attached hydrogens (tertiary/aromatic N) is 2. The van der Waals surface area contributed by atoms with Gasteiger partial charge in [-0.1, -0.05) is 176 Å². The van der Waals surface area contributed by atoms with Crippen molar-refractivity contribution in [2.24, 2.45) is 0 Å². The Morgan fingerprint density at radius 2 is 0.938 bits per heavy atom. The Labute approximate surface area is 381 Å². The summed E-state index contributed by atoms with van der Waals surface area (Å²) in [6.45, 7) is 19.1. The smallest absolute Gasteiger partial charge is 0.252 e. The van der Waals surface area contributed by atoms with Gasteiger partial charge in [0.2, 0.25) is 0 Å². The Kier molecular flexibility index (Phi) is 9.26. The van der Waals surface area contributed by atoms with Crippen LogP contribution in [0.25, 0.3) is 33.4 Å². The molecular weight excluding hydrogens is 771 g/mol. The maximum absolute atomic E-state index is 2.66. The number of benzene rings is 8. The third-order valence-electron chi connectivity index (χ3n) is 14.7. The molecule has 2 aliphatic heterocycles. The van der Waals surface area contributed by atoms with E-state index in [9.17, 15) is 0 Å². The minimum absolute atomic E-state index is 0.00974. The number of hydrogen-bond donors (Lipinski definition) is 0. The van der Waals surface area contributed by atoms with Crippen LogP contribution >= 0.6 is 0 Å². The molecule has 3 aliphatic rings. The maximum atomic E-state index is 2.66. The standard InChI is InChI=1S/C61H57BN2/c1-40-34-56-58-57(35-40)64(53-31-27-46(59(2,3)4)37-48(53)44-22-16-11-17-23-44)55-39-50-49(60(5,6)32-33-61(50,7)8)38-52(55)62(58)51-36-45(42-20-14-10-15-21-42)26-30-54(51)63(56)47-28-24-43(25-29-47)41-18-12-9-13-19-41/h9-31,34-39H,32-33H2,1-8H3. The normalized spacial score (nSPS) is 15.5. The summed E-state index contributed by atoms with van der Waals surface area (Å²) in [4.78, 5) is 5.21. The summed E-state index contributed by atoms with van der Waals surface area (Å²) in [6.07, 6.45) is 2.32. The average Bonchev–Trinajstić information content (AvgIpc) is 3.30. The predicted molar refractivity (Wildman–Crippen MR) is 275 cm³/mol. The molecule has 0 aromatic heterocycles. The predicted octanol–water partition coefficient (Wildman–Crippen LogP) is 14.7. The minimum atomic E-state index is -0.0130. The molecule has 8 aromatic carbocycles. The Morgan fingerprint density at radius 3 is 1.55 bits per heavy atom. The van der Waals surface area contributed by atoms with Crippen molar-refractivity contribution < 1.29 is 0 Å². The second kappa shape index (κ2) is 14.7. The van der Waals surface area contributed by atoms with Gasteiger partial charge in [-0.05, 0) is 151 Å². The lowest BCUT2D eigenvalue weighted by atomic mass is 9.33. The van der Waals surface area contributed by atoms with Crippen LogP contribution in [0, 0.1) is 6.92 Å². The molecule has 0 N–H and O–H groups in total. The average molecular weight is 829 g/mol. The molecule has 0 atom stereocenters. The van der Waals surface area contributed by atoms with Crippen molar-refractivity contribution in [3.8, 4) is 33.4 Å². The molecule has 3 heteroatoms. The first-order valence-corrected chi connectivity index (χ1v) is 23.3. The van der Waals surface area contributed by atoms with Crippen LogP contribution in [0.15, 0.2) is 176 Å². The lowest BCUT2D eigenvalue weighted by molar-refractivity contribution is 0.332. The van der Waals surface area contributed by atoms with E-state index in [0.717, 1.165) is 18.5 Å². The zero-order chi connectivity index (χ0) is 44.1. The van der Waals surface area contributed by atoms with Gasteiger partial charge in [0.15, 0.2) is 0 Å².